The van der Waals surface area contributed by atoms with E-state index in [1.54, 1.807) is 24.4 Å². The average Bonchev–Trinajstić information content (AvgIpc) is 2.85. The minimum Gasteiger partial charge on any atom is -0.369 e. The van der Waals surface area contributed by atoms with Crippen molar-refractivity contribution in [2.45, 2.75) is 26.7 Å². The highest BCUT2D eigenvalue weighted by molar-refractivity contribution is 6.10. The van der Waals surface area contributed by atoms with E-state index in [1.165, 1.54) is 10.5 Å². The number of benzene rings is 1. The van der Waals surface area contributed by atoms with Crippen molar-refractivity contribution in [1.29, 1.82) is 5.26 Å². The van der Waals surface area contributed by atoms with Crippen molar-refractivity contribution >= 4 is 35.0 Å². The molecule has 0 spiro atoms. The molecule has 1 fully saturated rings. The number of carbonyl (C=O) groups excluding carboxylic acids is 2. The van der Waals surface area contributed by atoms with Gasteiger partial charge in [0.15, 0.2) is 0 Å². The molecule has 0 aliphatic carbocycles. The molecule has 0 radical (unpaired) electrons. The van der Waals surface area contributed by atoms with Crippen LogP contribution in [0.15, 0.2) is 53.0 Å². The lowest BCUT2D eigenvalue weighted by Gasteiger charge is -2.32. The molecule has 9 heteroatoms. The molecule has 1 aliphatic heterocycles. The highest BCUT2D eigenvalue weighted by atomic mass is 16.2. The van der Waals surface area contributed by atoms with Gasteiger partial charge in [-0.05, 0) is 56.5 Å². The highest BCUT2D eigenvalue weighted by Crippen LogP contribution is 2.26. The maximum absolute atomic E-state index is 13.5. The lowest BCUT2D eigenvalue weighted by molar-refractivity contribution is -0.122. The fourth-order valence-corrected chi connectivity index (χ4v) is 4.17. The summed E-state index contributed by atoms with van der Waals surface area (Å²) in [5, 5.41) is 12.5. The van der Waals surface area contributed by atoms with Crippen LogP contribution in [0.5, 0.6) is 0 Å². The second kappa shape index (κ2) is 9.81. The number of nitrogens with one attached hydrogen (secondary N) is 1. The summed E-state index contributed by atoms with van der Waals surface area (Å²) >= 11 is 0. The Balaban J connectivity index is 1.78. The summed E-state index contributed by atoms with van der Waals surface area (Å²) in [6, 6.07) is 12.7. The molecule has 35 heavy (non-hydrogen) atoms. The first-order valence-corrected chi connectivity index (χ1v) is 11.3. The van der Waals surface area contributed by atoms with E-state index in [4.69, 9.17) is 10.7 Å². The van der Waals surface area contributed by atoms with Gasteiger partial charge in [-0.25, -0.2) is 4.98 Å². The van der Waals surface area contributed by atoms with Gasteiger partial charge in [-0.15, -0.1) is 0 Å². The molecule has 1 aromatic carbocycles. The van der Waals surface area contributed by atoms with Gasteiger partial charge in [0.2, 0.25) is 5.91 Å². The monoisotopic (exact) mass is 470 g/mol. The first kappa shape index (κ1) is 23.7. The molecule has 3 N–H and O–H groups in total. The fraction of sp³-hybridized carbons (Fsp3) is 0.269. The molecule has 1 saturated heterocycles. The van der Waals surface area contributed by atoms with Crippen molar-refractivity contribution in [2.24, 2.45) is 11.7 Å². The summed E-state index contributed by atoms with van der Waals surface area (Å²) in [6.45, 7) is 4.73. The number of carbonyl (C=O) groups is 2. The molecule has 178 valence electrons. The SMILES string of the molecule is Cc1ccc(NC(=O)/C(C#N)=C/c2c(N3CCC(C(N)=O)CC3)nc3c(C)cccn3c2=O)cc1. The number of hydrogen-bond donors (Lipinski definition) is 2. The van der Waals surface area contributed by atoms with Gasteiger partial charge in [-0.2, -0.15) is 5.26 Å². The molecule has 0 atom stereocenters. The van der Waals surface area contributed by atoms with Crippen LogP contribution in [0.2, 0.25) is 0 Å². The van der Waals surface area contributed by atoms with Crippen LogP contribution in [-0.4, -0.2) is 34.3 Å². The van der Waals surface area contributed by atoms with Crippen molar-refractivity contribution in [3.8, 4) is 6.07 Å². The number of pyridine rings is 1. The number of nitriles is 1. The van der Waals surface area contributed by atoms with E-state index in [-0.39, 0.29) is 28.5 Å². The summed E-state index contributed by atoms with van der Waals surface area (Å²) < 4.78 is 1.41. The molecule has 2 amide bonds. The summed E-state index contributed by atoms with van der Waals surface area (Å²) in [7, 11) is 0. The lowest BCUT2D eigenvalue weighted by Crippen LogP contribution is -2.40. The number of aryl methyl sites for hydroxylation is 2. The maximum Gasteiger partial charge on any atom is 0.267 e. The number of piperidine rings is 1. The first-order valence-electron chi connectivity index (χ1n) is 11.3. The van der Waals surface area contributed by atoms with E-state index in [9.17, 15) is 19.6 Å². The van der Waals surface area contributed by atoms with Gasteiger partial charge in [0.25, 0.3) is 11.5 Å². The van der Waals surface area contributed by atoms with Crippen LogP contribution in [0.1, 0.15) is 29.5 Å². The molecule has 1 aliphatic rings. The predicted octanol–water partition coefficient (Wildman–Crippen LogP) is 2.56. The molecule has 0 saturated carbocycles. The minimum atomic E-state index is -0.622. The van der Waals surface area contributed by atoms with Crippen LogP contribution < -0.4 is 21.5 Å². The Bertz CT molecular complexity index is 1420. The number of anilines is 2. The van der Waals surface area contributed by atoms with E-state index in [0.717, 1.165) is 11.1 Å². The third kappa shape index (κ3) is 4.92. The number of primary amides is 1. The van der Waals surface area contributed by atoms with Gasteiger partial charge in [0, 0.05) is 30.9 Å². The number of hydrogen-bond acceptors (Lipinski definition) is 6. The van der Waals surface area contributed by atoms with Crippen molar-refractivity contribution in [2.75, 3.05) is 23.3 Å². The Morgan fingerprint density at radius 1 is 1.17 bits per heavy atom. The molecule has 3 aromatic rings. The van der Waals surface area contributed by atoms with Crippen LogP contribution in [0.4, 0.5) is 11.5 Å². The third-order valence-corrected chi connectivity index (χ3v) is 6.22. The molecule has 3 heterocycles. The van der Waals surface area contributed by atoms with Gasteiger partial charge in [-0.1, -0.05) is 23.8 Å². The van der Waals surface area contributed by atoms with Crippen molar-refractivity contribution in [3.63, 3.8) is 0 Å². The smallest absolute Gasteiger partial charge is 0.267 e. The van der Waals surface area contributed by atoms with Gasteiger partial charge in [-0.3, -0.25) is 18.8 Å². The van der Waals surface area contributed by atoms with Crippen molar-refractivity contribution < 1.29 is 9.59 Å². The highest BCUT2D eigenvalue weighted by Gasteiger charge is 2.27. The zero-order chi connectivity index (χ0) is 25.1. The molecule has 0 bridgehead atoms. The Hall–Kier alpha value is -4.45. The van der Waals surface area contributed by atoms with E-state index < -0.39 is 5.91 Å². The molecule has 0 unspecified atom stereocenters. The van der Waals surface area contributed by atoms with E-state index in [1.807, 2.05) is 43.0 Å². The third-order valence-electron chi connectivity index (χ3n) is 6.22. The standard InChI is InChI=1S/C26H26N6O3/c1-16-5-7-20(8-6-16)29-25(34)19(15-27)14-21-24(31-12-9-18(10-13-31)22(28)33)30-23-17(2)4-3-11-32(23)26(21)35/h3-8,11,14,18H,9-10,12-13H2,1-2H3,(H2,28,33)(H,29,34)/b19-14+. The molecule has 9 nitrogen and oxygen atoms in total. The number of fused-ring (bicyclic) bond motifs is 1. The normalized spacial score (nSPS) is 14.5. The van der Waals surface area contributed by atoms with E-state index in [2.05, 4.69) is 5.32 Å². The Kier molecular flexibility index (Phi) is 6.64. The van der Waals surface area contributed by atoms with Gasteiger partial charge in [0.05, 0.1) is 5.56 Å². The first-order chi connectivity index (χ1) is 16.8. The molecular weight excluding hydrogens is 444 g/mol. The molecule has 4 rings (SSSR count). The van der Waals surface area contributed by atoms with Gasteiger partial charge >= 0.3 is 0 Å². The summed E-state index contributed by atoms with van der Waals surface area (Å²) in [5.74, 6) is -0.818. The number of rotatable bonds is 5. The zero-order valence-corrected chi connectivity index (χ0v) is 19.6. The second-order valence-electron chi connectivity index (χ2n) is 8.69. The van der Waals surface area contributed by atoms with Gasteiger partial charge < -0.3 is 16.0 Å². The van der Waals surface area contributed by atoms with Crippen LogP contribution in [0, 0.1) is 31.1 Å². The lowest BCUT2D eigenvalue weighted by atomic mass is 9.96. The topological polar surface area (TPSA) is 134 Å². The van der Waals surface area contributed by atoms with Crippen LogP contribution in [-0.2, 0) is 9.59 Å². The van der Waals surface area contributed by atoms with Crippen molar-refractivity contribution in [1.82, 2.24) is 9.38 Å². The van der Waals surface area contributed by atoms with Crippen LogP contribution in [0.3, 0.4) is 0 Å². The van der Waals surface area contributed by atoms with Gasteiger partial charge in [0.1, 0.15) is 23.1 Å². The maximum atomic E-state index is 13.5. The Morgan fingerprint density at radius 2 is 1.86 bits per heavy atom. The summed E-state index contributed by atoms with van der Waals surface area (Å²) in [4.78, 5) is 44.7. The second-order valence-corrected chi connectivity index (χ2v) is 8.69. The largest absolute Gasteiger partial charge is 0.369 e. The fourth-order valence-electron chi connectivity index (χ4n) is 4.17. The number of aromatic nitrogens is 2. The quantitative estimate of drug-likeness (QED) is 0.435. The van der Waals surface area contributed by atoms with E-state index >= 15 is 0 Å². The van der Waals surface area contributed by atoms with Crippen LogP contribution in [0.25, 0.3) is 11.7 Å². The van der Waals surface area contributed by atoms with Crippen molar-refractivity contribution in [3.05, 3.63) is 75.2 Å². The minimum absolute atomic E-state index is 0.140. The summed E-state index contributed by atoms with van der Waals surface area (Å²) in [6.07, 6.45) is 3.97. The van der Waals surface area contributed by atoms with E-state index in [0.29, 0.717) is 43.1 Å². The summed E-state index contributed by atoms with van der Waals surface area (Å²) in [5.41, 5.74) is 7.89. The Labute approximate surface area is 202 Å². The van der Waals surface area contributed by atoms with Crippen LogP contribution >= 0.6 is 0 Å². The predicted molar refractivity (Wildman–Crippen MR) is 134 cm³/mol. The molecule has 2 aromatic heterocycles. The Morgan fingerprint density at radius 3 is 2.49 bits per heavy atom. The number of nitrogens with zero attached hydrogens (tertiary/aromatic N) is 4. The number of amides is 2. The molecular formula is C26H26N6O3. The zero-order valence-electron chi connectivity index (χ0n) is 19.6. The number of nitrogens with two attached hydrogens (primary N) is 1. The average molecular weight is 471 g/mol.